The number of benzene rings is 2. The quantitative estimate of drug-likeness (QED) is 0.233. The van der Waals surface area contributed by atoms with Crippen LogP contribution in [0.4, 0.5) is 15.1 Å². The van der Waals surface area contributed by atoms with Gasteiger partial charge in [-0.2, -0.15) is 0 Å². The average Bonchev–Trinajstić information content (AvgIpc) is 3.16. The van der Waals surface area contributed by atoms with Gasteiger partial charge in [0.15, 0.2) is 0 Å². The summed E-state index contributed by atoms with van der Waals surface area (Å²) >= 11 is 1.10. The van der Waals surface area contributed by atoms with Crippen molar-refractivity contribution in [3.63, 3.8) is 0 Å². The normalized spacial score (nSPS) is 10.8. The summed E-state index contributed by atoms with van der Waals surface area (Å²) in [5.41, 5.74) is 1.35. The predicted molar refractivity (Wildman–Crippen MR) is 116 cm³/mol. The molecule has 0 atom stereocenters. The summed E-state index contributed by atoms with van der Waals surface area (Å²) in [6, 6.07) is 11.6. The van der Waals surface area contributed by atoms with Crippen LogP contribution in [0.1, 0.15) is 22.8 Å². The number of halogens is 1. The maximum Gasteiger partial charge on any atom is 0.341 e. The Morgan fingerprint density at radius 3 is 2.71 bits per heavy atom. The third-order valence-electron chi connectivity index (χ3n) is 4.15. The highest BCUT2D eigenvalue weighted by molar-refractivity contribution is 7.15. The molecule has 0 aliphatic heterocycles. The van der Waals surface area contributed by atoms with Gasteiger partial charge in [0.05, 0.1) is 11.5 Å². The average molecular weight is 440 g/mol. The Labute approximate surface area is 180 Å². The first kappa shape index (κ1) is 21.8. The van der Waals surface area contributed by atoms with Crippen LogP contribution in [-0.4, -0.2) is 23.4 Å². The summed E-state index contributed by atoms with van der Waals surface area (Å²) in [5, 5.41) is 15.6. The maximum absolute atomic E-state index is 13.3. The molecule has 1 aromatic heterocycles. The Morgan fingerprint density at radius 1 is 1.23 bits per heavy atom. The lowest BCUT2D eigenvalue weighted by Gasteiger charge is -2.08. The molecule has 0 unspecified atom stereocenters. The van der Waals surface area contributed by atoms with Crippen molar-refractivity contribution >= 4 is 40.0 Å². The molecule has 0 radical (unpaired) electrons. The van der Waals surface area contributed by atoms with E-state index < -0.39 is 22.6 Å². The highest BCUT2D eigenvalue weighted by atomic mass is 32.1. The number of rotatable bonds is 7. The number of ether oxygens (including phenoxy) is 1. The first-order chi connectivity index (χ1) is 14.9. The predicted octanol–water partition coefficient (Wildman–Crippen LogP) is 5.29. The van der Waals surface area contributed by atoms with Crippen LogP contribution in [0.2, 0.25) is 0 Å². The number of amides is 1. The van der Waals surface area contributed by atoms with Gasteiger partial charge >= 0.3 is 5.97 Å². The van der Waals surface area contributed by atoms with Crippen molar-refractivity contribution in [3.8, 4) is 11.1 Å². The molecule has 0 fully saturated rings. The van der Waals surface area contributed by atoms with Crippen LogP contribution < -0.4 is 5.32 Å². The minimum atomic E-state index is -0.658. The SMILES string of the molecule is CCOC(=O)c1c(-c2cccc([N+](=O)[O-])c2)csc1NC(=O)/C=C/c1cccc(F)c1. The third-order valence-corrected chi connectivity index (χ3v) is 5.05. The lowest BCUT2D eigenvalue weighted by molar-refractivity contribution is -0.384. The number of non-ortho nitro benzene ring substituents is 1. The van der Waals surface area contributed by atoms with Crippen molar-refractivity contribution in [2.45, 2.75) is 6.92 Å². The number of nitro groups is 1. The third kappa shape index (κ3) is 5.40. The molecule has 1 heterocycles. The van der Waals surface area contributed by atoms with Gasteiger partial charge in [-0.3, -0.25) is 14.9 Å². The number of hydrogen-bond acceptors (Lipinski definition) is 6. The smallest absolute Gasteiger partial charge is 0.341 e. The summed E-state index contributed by atoms with van der Waals surface area (Å²) in [4.78, 5) is 35.5. The van der Waals surface area contributed by atoms with Crippen LogP contribution in [-0.2, 0) is 9.53 Å². The molecular formula is C22H17FN2O5S. The molecule has 0 bridgehead atoms. The standard InChI is InChI=1S/C22H17FN2O5S/c1-2-30-22(27)20-18(15-6-4-8-17(12-15)25(28)29)13-31-21(20)24-19(26)10-9-14-5-3-7-16(23)11-14/h3-13H,2H2,1H3,(H,24,26)/b10-9+. The van der Waals surface area contributed by atoms with E-state index in [1.165, 1.54) is 48.6 Å². The largest absolute Gasteiger partial charge is 0.462 e. The van der Waals surface area contributed by atoms with E-state index in [1.807, 2.05) is 0 Å². The number of thiophene rings is 1. The van der Waals surface area contributed by atoms with Crippen molar-refractivity contribution in [1.82, 2.24) is 0 Å². The summed E-state index contributed by atoms with van der Waals surface area (Å²) in [6.07, 6.45) is 2.66. The van der Waals surface area contributed by atoms with Gasteiger partial charge in [-0.05, 0) is 36.3 Å². The van der Waals surface area contributed by atoms with Crippen molar-refractivity contribution in [2.75, 3.05) is 11.9 Å². The molecule has 0 aliphatic rings. The molecule has 9 heteroatoms. The van der Waals surface area contributed by atoms with Crippen LogP contribution in [0.3, 0.4) is 0 Å². The molecular weight excluding hydrogens is 423 g/mol. The second-order valence-electron chi connectivity index (χ2n) is 6.26. The Bertz CT molecular complexity index is 1170. The van der Waals surface area contributed by atoms with E-state index in [2.05, 4.69) is 5.32 Å². The molecule has 2 aromatic carbocycles. The van der Waals surface area contributed by atoms with Crippen molar-refractivity contribution in [3.05, 3.63) is 87.0 Å². The molecule has 1 N–H and O–H groups in total. The molecule has 0 aliphatic carbocycles. The number of carbonyl (C=O) groups is 2. The molecule has 3 aromatic rings. The van der Waals surface area contributed by atoms with Gasteiger partial charge in [-0.15, -0.1) is 11.3 Å². The molecule has 31 heavy (non-hydrogen) atoms. The summed E-state index contributed by atoms with van der Waals surface area (Å²) in [5.74, 6) is -1.61. The van der Waals surface area contributed by atoms with Crippen LogP contribution in [0, 0.1) is 15.9 Å². The van der Waals surface area contributed by atoms with Gasteiger partial charge in [-0.25, -0.2) is 9.18 Å². The number of esters is 1. The van der Waals surface area contributed by atoms with Gasteiger partial charge in [-0.1, -0.05) is 24.3 Å². The fourth-order valence-corrected chi connectivity index (χ4v) is 3.75. The number of nitro benzene ring substituents is 1. The topological polar surface area (TPSA) is 98.5 Å². The molecule has 0 spiro atoms. The van der Waals surface area contributed by atoms with Crippen molar-refractivity contribution in [2.24, 2.45) is 0 Å². The van der Waals surface area contributed by atoms with Crippen LogP contribution in [0.25, 0.3) is 17.2 Å². The fraction of sp³-hybridized carbons (Fsp3) is 0.0909. The van der Waals surface area contributed by atoms with Gasteiger partial charge in [0.25, 0.3) is 5.69 Å². The summed E-state index contributed by atoms with van der Waals surface area (Å²) < 4.78 is 18.4. The lowest BCUT2D eigenvalue weighted by atomic mass is 10.0. The highest BCUT2D eigenvalue weighted by Gasteiger charge is 2.23. The van der Waals surface area contributed by atoms with E-state index in [-0.39, 0.29) is 22.9 Å². The second-order valence-corrected chi connectivity index (χ2v) is 7.14. The molecule has 1 amide bonds. The molecule has 158 valence electrons. The van der Waals surface area contributed by atoms with E-state index >= 15 is 0 Å². The number of hydrogen-bond donors (Lipinski definition) is 1. The highest BCUT2D eigenvalue weighted by Crippen LogP contribution is 2.37. The number of nitrogens with zero attached hydrogens (tertiary/aromatic N) is 1. The molecule has 7 nitrogen and oxygen atoms in total. The summed E-state index contributed by atoms with van der Waals surface area (Å²) in [7, 11) is 0. The molecule has 0 saturated carbocycles. The Hall–Kier alpha value is -3.85. The zero-order valence-corrected chi connectivity index (χ0v) is 17.1. The van der Waals surface area contributed by atoms with Crippen molar-refractivity contribution in [1.29, 1.82) is 0 Å². The first-order valence-corrected chi connectivity index (χ1v) is 10.0. The maximum atomic E-state index is 13.3. The van der Waals surface area contributed by atoms with Gasteiger partial charge in [0.1, 0.15) is 16.4 Å². The Kier molecular flexibility index (Phi) is 6.88. The number of anilines is 1. The van der Waals surface area contributed by atoms with Gasteiger partial charge in [0.2, 0.25) is 5.91 Å². The first-order valence-electron chi connectivity index (χ1n) is 9.17. The minimum Gasteiger partial charge on any atom is -0.462 e. The van der Waals surface area contributed by atoms with Gasteiger partial charge in [0, 0.05) is 29.2 Å². The van der Waals surface area contributed by atoms with E-state index in [0.717, 1.165) is 11.3 Å². The van der Waals surface area contributed by atoms with E-state index in [4.69, 9.17) is 4.74 Å². The molecule has 0 saturated heterocycles. The van der Waals surface area contributed by atoms with E-state index in [9.17, 15) is 24.1 Å². The fourth-order valence-electron chi connectivity index (χ4n) is 2.79. The monoisotopic (exact) mass is 440 g/mol. The van der Waals surface area contributed by atoms with E-state index in [1.54, 1.807) is 24.4 Å². The lowest BCUT2D eigenvalue weighted by Crippen LogP contribution is -2.12. The Morgan fingerprint density at radius 2 is 2.00 bits per heavy atom. The molecule has 3 rings (SSSR count). The number of nitrogens with one attached hydrogen (secondary N) is 1. The second kappa shape index (κ2) is 9.77. The van der Waals surface area contributed by atoms with Gasteiger partial charge < -0.3 is 10.1 Å². The number of carbonyl (C=O) groups excluding carboxylic acids is 2. The van der Waals surface area contributed by atoms with Crippen molar-refractivity contribution < 1.29 is 23.6 Å². The van der Waals surface area contributed by atoms with Crippen LogP contribution in [0.5, 0.6) is 0 Å². The Balaban J connectivity index is 1.91. The van der Waals surface area contributed by atoms with E-state index in [0.29, 0.717) is 16.7 Å². The summed E-state index contributed by atoms with van der Waals surface area (Å²) in [6.45, 7) is 1.77. The van der Waals surface area contributed by atoms with Crippen LogP contribution in [0.15, 0.2) is 60.0 Å². The van der Waals surface area contributed by atoms with Crippen LogP contribution >= 0.6 is 11.3 Å². The zero-order chi connectivity index (χ0) is 22.4. The zero-order valence-electron chi connectivity index (χ0n) is 16.3. The minimum absolute atomic E-state index is 0.111.